The van der Waals surface area contributed by atoms with Crippen LogP contribution in [0.2, 0.25) is 0 Å². The monoisotopic (exact) mass is 609 g/mol. The number of carbonyl (C=O) groups excluding carboxylic acids is 1. The van der Waals surface area contributed by atoms with Crippen LogP contribution in [0.1, 0.15) is 181 Å². The van der Waals surface area contributed by atoms with E-state index in [2.05, 4.69) is 48.5 Å². The highest BCUT2D eigenvalue weighted by Gasteiger charge is 2.26. The van der Waals surface area contributed by atoms with E-state index in [1.165, 1.54) is 119 Å². The van der Waals surface area contributed by atoms with Crippen molar-refractivity contribution >= 4 is 5.97 Å². The number of phenolic OH excluding ortho intramolecular Hbond substituents is 1. The molecule has 0 bridgehead atoms. The smallest absolute Gasteiger partial charge is 0.310 e. The quantitative estimate of drug-likeness (QED) is 0.0980. The maximum absolute atomic E-state index is 10.8. The number of carbonyl (C=O) groups is 1. The number of ether oxygens (including phenoxy) is 1. The molecule has 0 aliphatic heterocycles. The van der Waals surface area contributed by atoms with Crippen molar-refractivity contribution in [3.05, 3.63) is 59.2 Å². The molecule has 0 aromatic heterocycles. The van der Waals surface area contributed by atoms with Gasteiger partial charge < -0.3 is 9.84 Å². The van der Waals surface area contributed by atoms with E-state index in [4.69, 9.17) is 4.74 Å². The molecule has 3 heteroatoms. The summed E-state index contributed by atoms with van der Waals surface area (Å²) >= 11 is 0. The summed E-state index contributed by atoms with van der Waals surface area (Å²) in [6.07, 6.45) is 24.1. The lowest BCUT2D eigenvalue weighted by Gasteiger charge is -2.30. The predicted molar refractivity (Wildman–Crippen MR) is 191 cm³/mol. The number of aromatic hydroxyl groups is 1. The second-order valence-corrected chi connectivity index (χ2v) is 14.7. The number of esters is 1. The van der Waals surface area contributed by atoms with E-state index in [0.29, 0.717) is 17.9 Å². The first-order valence-electron chi connectivity index (χ1n) is 18.0. The zero-order chi connectivity index (χ0) is 32.8. The average molecular weight is 609 g/mol. The van der Waals surface area contributed by atoms with Crippen LogP contribution in [0.25, 0.3) is 0 Å². The van der Waals surface area contributed by atoms with Gasteiger partial charge in [0.25, 0.3) is 0 Å². The molecule has 2 aromatic rings. The molecule has 250 valence electrons. The Kier molecular flexibility index (Phi) is 20.1. The van der Waals surface area contributed by atoms with E-state index in [9.17, 15) is 9.90 Å². The molecule has 0 radical (unpaired) electrons. The van der Waals surface area contributed by atoms with Crippen molar-refractivity contribution in [2.45, 2.75) is 182 Å². The van der Waals surface area contributed by atoms with E-state index in [0.717, 1.165) is 6.42 Å². The summed E-state index contributed by atoms with van der Waals surface area (Å²) in [6, 6.07) is 13.1. The van der Waals surface area contributed by atoms with Gasteiger partial charge in [-0.15, -0.1) is 0 Å². The van der Waals surface area contributed by atoms with Crippen molar-refractivity contribution in [2.75, 3.05) is 0 Å². The van der Waals surface area contributed by atoms with Crippen LogP contribution in [0.15, 0.2) is 42.5 Å². The fourth-order valence-corrected chi connectivity index (χ4v) is 5.81. The molecule has 0 heterocycles. The molecule has 0 amide bonds. The van der Waals surface area contributed by atoms with E-state index >= 15 is 0 Å². The van der Waals surface area contributed by atoms with Crippen LogP contribution < -0.4 is 4.74 Å². The van der Waals surface area contributed by atoms with E-state index in [1.807, 2.05) is 30.3 Å². The normalized spacial score (nSPS) is 11.6. The number of rotatable bonds is 19. The second-order valence-electron chi connectivity index (χ2n) is 14.7. The predicted octanol–water partition coefficient (Wildman–Crippen LogP) is 12.8. The molecular formula is C41H68O3. The van der Waals surface area contributed by atoms with Crippen LogP contribution in [0.3, 0.4) is 0 Å². The highest BCUT2D eigenvalue weighted by molar-refractivity contribution is 5.71. The SMILES string of the molecule is CCC(=O)Oc1ccccc1.CCCCCCCCCCCCCCCCCCc1c(C(C)(C)C)cc(O)cc1C(C)(C)C. The topological polar surface area (TPSA) is 46.5 Å². The van der Waals surface area contributed by atoms with Gasteiger partial charge in [-0.05, 0) is 64.6 Å². The maximum Gasteiger partial charge on any atom is 0.310 e. The highest BCUT2D eigenvalue weighted by atomic mass is 16.5. The Bertz CT molecular complexity index is 975. The van der Waals surface area contributed by atoms with Crippen molar-refractivity contribution in [3.63, 3.8) is 0 Å². The van der Waals surface area contributed by atoms with E-state index < -0.39 is 0 Å². The molecule has 0 saturated carbocycles. The van der Waals surface area contributed by atoms with Crippen molar-refractivity contribution in [1.29, 1.82) is 0 Å². The van der Waals surface area contributed by atoms with Gasteiger partial charge in [-0.25, -0.2) is 0 Å². The standard InChI is InChI=1S/C32H58O.C9H10O2/c1-8-9-10-11-12-13-14-15-16-17-18-19-20-21-22-23-24-28-29(31(2,3)4)25-27(33)26-30(28)32(5,6)7;1-2-9(10)11-8-6-4-3-5-7-8/h25-26,33H,8-24H2,1-7H3;3-7H,2H2,1H3. The van der Waals surface area contributed by atoms with Crippen LogP contribution >= 0.6 is 0 Å². The van der Waals surface area contributed by atoms with Crippen LogP contribution in [-0.2, 0) is 22.0 Å². The third-order valence-electron chi connectivity index (χ3n) is 8.39. The molecule has 0 unspecified atom stereocenters. The molecule has 0 saturated heterocycles. The van der Waals surface area contributed by atoms with Crippen molar-refractivity contribution in [2.24, 2.45) is 0 Å². The Morgan fingerprint density at radius 2 is 1.00 bits per heavy atom. The number of para-hydroxylation sites is 1. The Labute approximate surface area is 272 Å². The molecule has 0 aliphatic carbocycles. The maximum atomic E-state index is 10.8. The summed E-state index contributed by atoms with van der Waals surface area (Å²) < 4.78 is 4.92. The fraction of sp³-hybridized carbons (Fsp3) is 0.683. The molecule has 0 aliphatic rings. The number of unbranched alkanes of at least 4 members (excludes halogenated alkanes) is 15. The van der Waals surface area contributed by atoms with Gasteiger partial charge in [0, 0.05) is 6.42 Å². The largest absolute Gasteiger partial charge is 0.508 e. The summed E-state index contributed by atoms with van der Waals surface area (Å²) in [5.41, 5.74) is 4.26. The summed E-state index contributed by atoms with van der Waals surface area (Å²) in [5, 5.41) is 10.4. The molecule has 1 N–H and O–H groups in total. The zero-order valence-corrected chi connectivity index (χ0v) is 30.0. The van der Waals surface area contributed by atoms with Gasteiger partial charge >= 0.3 is 5.97 Å². The first-order chi connectivity index (χ1) is 20.9. The Balaban J connectivity index is 0.000000733. The van der Waals surface area contributed by atoms with E-state index in [1.54, 1.807) is 19.1 Å². The van der Waals surface area contributed by atoms with Gasteiger partial charge in [-0.1, -0.05) is 170 Å². The average Bonchev–Trinajstić information content (AvgIpc) is 2.97. The number of hydrogen-bond acceptors (Lipinski definition) is 3. The Morgan fingerprint density at radius 3 is 1.36 bits per heavy atom. The molecule has 0 fully saturated rings. The molecule has 44 heavy (non-hydrogen) atoms. The van der Waals surface area contributed by atoms with Crippen molar-refractivity contribution in [3.8, 4) is 11.5 Å². The summed E-state index contributed by atoms with van der Waals surface area (Å²) in [4.78, 5) is 10.8. The Hall–Kier alpha value is -2.29. The first kappa shape index (κ1) is 39.7. The fourth-order valence-electron chi connectivity index (χ4n) is 5.81. The molecule has 2 aromatic carbocycles. The summed E-state index contributed by atoms with van der Waals surface area (Å²) in [6.45, 7) is 17.7. The first-order valence-corrected chi connectivity index (χ1v) is 18.0. The van der Waals surface area contributed by atoms with Crippen LogP contribution in [0, 0.1) is 0 Å². The van der Waals surface area contributed by atoms with Crippen LogP contribution in [0.5, 0.6) is 11.5 Å². The molecule has 3 nitrogen and oxygen atoms in total. The second kappa shape index (κ2) is 22.3. The number of hydrogen-bond donors (Lipinski definition) is 1. The lowest BCUT2D eigenvalue weighted by molar-refractivity contribution is -0.134. The zero-order valence-electron chi connectivity index (χ0n) is 30.0. The van der Waals surface area contributed by atoms with Gasteiger partial charge in [0.05, 0.1) is 0 Å². The van der Waals surface area contributed by atoms with Crippen LogP contribution in [0.4, 0.5) is 0 Å². The minimum Gasteiger partial charge on any atom is -0.508 e. The molecule has 0 atom stereocenters. The summed E-state index contributed by atoms with van der Waals surface area (Å²) in [5.74, 6) is 0.830. The minimum absolute atomic E-state index is 0.0587. The van der Waals surface area contributed by atoms with Gasteiger partial charge in [-0.3, -0.25) is 4.79 Å². The van der Waals surface area contributed by atoms with Crippen molar-refractivity contribution < 1.29 is 14.6 Å². The summed E-state index contributed by atoms with van der Waals surface area (Å²) in [7, 11) is 0. The van der Waals surface area contributed by atoms with Gasteiger partial charge in [0.1, 0.15) is 11.5 Å². The third-order valence-corrected chi connectivity index (χ3v) is 8.39. The highest BCUT2D eigenvalue weighted by Crippen LogP contribution is 2.38. The lowest BCUT2D eigenvalue weighted by Crippen LogP contribution is -2.21. The van der Waals surface area contributed by atoms with Crippen molar-refractivity contribution in [1.82, 2.24) is 0 Å². The van der Waals surface area contributed by atoms with Gasteiger partial charge in [-0.2, -0.15) is 0 Å². The van der Waals surface area contributed by atoms with Gasteiger partial charge in [0.15, 0.2) is 0 Å². The van der Waals surface area contributed by atoms with Gasteiger partial charge in [0.2, 0.25) is 0 Å². The Morgan fingerprint density at radius 1 is 0.614 bits per heavy atom. The lowest BCUT2D eigenvalue weighted by atomic mass is 9.75. The van der Waals surface area contributed by atoms with Crippen LogP contribution in [-0.4, -0.2) is 11.1 Å². The molecule has 0 spiro atoms. The third kappa shape index (κ3) is 17.9. The molecule has 2 rings (SSSR count). The minimum atomic E-state index is -0.198. The number of benzene rings is 2. The molecular weight excluding hydrogens is 540 g/mol. The number of phenols is 1. The van der Waals surface area contributed by atoms with E-state index in [-0.39, 0.29) is 16.8 Å².